The molecule has 2 nitrogen and oxygen atoms in total. The molecular formula is C14H30N2Si. The first-order valence-electron chi connectivity index (χ1n) is 7.50. The van der Waals surface area contributed by atoms with E-state index in [1.54, 1.807) is 0 Å². The van der Waals surface area contributed by atoms with E-state index in [0.717, 1.165) is 11.8 Å². The molecule has 2 saturated heterocycles. The highest BCUT2D eigenvalue weighted by Gasteiger charge is 2.38. The van der Waals surface area contributed by atoms with Crippen LogP contribution in [0, 0.1) is 11.8 Å². The van der Waals surface area contributed by atoms with Crippen LogP contribution in [0.3, 0.4) is 0 Å². The van der Waals surface area contributed by atoms with Crippen molar-refractivity contribution >= 4 is 8.40 Å². The van der Waals surface area contributed by atoms with E-state index in [1.807, 2.05) is 0 Å². The van der Waals surface area contributed by atoms with Crippen molar-refractivity contribution < 1.29 is 0 Å². The van der Waals surface area contributed by atoms with Crippen LogP contribution in [-0.4, -0.2) is 43.7 Å². The Morgan fingerprint density at radius 1 is 0.706 bits per heavy atom. The Kier molecular flexibility index (Phi) is 4.32. The predicted octanol–water partition coefficient (Wildman–Crippen LogP) is 3.15. The minimum absolute atomic E-state index is 0.956. The lowest BCUT2D eigenvalue weighted by Gasteiger charge is -2.49. The normalized spacial score (nSPS) is 27.5. The fourth-order valence-electron chi connectivity index (χ4n) is 3.31. The Morgan fingerprint density at radius 3 is 1.29 bits per heavy atom. The Bertz CT molecular complexity index is 215. The van der Waals surface area contributed by atoms with E-state index in [4.69, 9.17) is 0 Å². The van der Waals surface area contributed by atoms with Crippen LogP contribution in [0.2, 0.25) is 13.1 Å². The van der Waals surface area contributed by atoms with Gasteiger partial charge in [-0.15, -0.1) is 0 Å². The Labute approximate surface area is 109 Å². The molecule has 2 rings (SSSR count). The van der Waals surface area contributed by atoms with Crippen molar-refractivity contribution in [3.05, 3.63) is 0 Å². The highest BCUT2D eigenvalue weighted by Crippen LogP contribution is 2.27. The predicted molar refractivity (Wildman–Crippen MR) is 77.4 cm³/mol. The molecule has 100 valence electrons. The Balaban J connectivity index is 1.93. The summed E-state index contributed by atoms with van der Waals surface area (Å²) in [6, 6.07) is 0. The zero-order valence-electron chi connectivity index (χ0n) is 12.2. The van der Waals surface area contributed by atoms with E-state index in [1.165, 1.54) is 51.9 Å². The molecule has 0 unspecified atom stereocenters. The summed E-state index contributed by atoms with van der Waals surface area (Å²) in [6.45, 7) is 15.4. The summed E-state index contributed by atoms with van der Waals surface area (Å²) < 4.78 is 5.70. The van der Waals surface area contributed by atoms with E-state index in [0.29, 0.717) is 0 Å². The third-order valence-corrected chi connectivity index (χ3v) is 9.10. The molecule has 0 aromatic heterocycles. The minimum atomic E-state index is -1.29. The van der Waals surface area contributed by atoms with Crippen LogP contribution < -0.4 is 0 Å². The number of nitrogens with zero attached hydrogens (tertiary/aromatic N) is 2. The molecule has 2 fully saturated rings. The zero-order chi connectivity index (χ0) is 12.5. The van der Waals surface area contributed by atoms with Crippen LogP contribution in [0.15, 0.2) is 0 Å². The van der Waals surface area contributed by atoms with Crippen LogP contribution in [0.4, 0.5) is 0 Å². The second-order valence-electron chi connectivity index (χ2n) is 6.83. The summed E-state index contributed by atoms with van der Waals surface area (Å²) in [5.74, 6) is 1.91. The SMILES string of the molecule is CC1CCN([Si](C)(C)N2CCC(C)CC2)CC1. The molecule has 0 spiro atoms. The van der Waals surface area contributed by atoms with Gasteiger partial charge in [-0.05, 0) is 76.8 Å². The Morgan fingerprint density at radius 2 is 1.00 bits per heavy atom. The molecule has 2 heterocycles. The van der Waals surface area contributed by atoms with Gasteiger partial charge < -0.3 is 9.13 Å². The summed E-state index contributed by atoms with van der Waals surface area (Å²) >= 11 is 0. The first kappa shape index (κ1) is 13.6. The molecule has 0 aromatic rings. The maximum atomic E-state index is 2.85. The standard InChI is InChI=1S/C14H30N2Si/c1-13-5-9-15(10-6-13)17(3,4)16-11-7-14(2)8-12-16/h13-14H,5-12H2,1-4H3. The van der Waals surface area contributed by atoms with E-state index in [9.17, 15) is 0 Å². The number of piperidine rings is 2. The second kappa shape index (κ2) is 5.41. The topological polar surface area (TPSA) is 6.48 Å². The van der Waals surface area contributed by atoms with Gasteiger partial charge in [-0.25, -0.2) is 0 Å². The average Bonchev–Trinajstić information content (AvgIpc) is 2.30. The molecule has 0 aliphatic carbocycles. The van der Waals surface area contributed by atoms with Crippen molar-refractivity contribution in [3.63, 3.8) is 0 Å². The lowest BCUT2D eigenvalue weighted by atomic mass is 10.0. The highest BCUT2D eigenvalue weighted by atomic mass is 28.3. The van der Waals surface area contributed by atoms with Gasteiger partial charge in [-0.2, -0.15) is 0 Å². The van der Waals surface area contributed by atoms with Gasteiger partial charge >= 0.3 is 0 Å². The van der Waals surface area contributed by atoms with E-state index < -0.39 is 8.40 Å². The van der Waals surface area contributed by atoms with Crippen LogP contribution in [0.1, 0.15) is 39.5 Å². The van der Waals surface area contributed by atoms with Crippen LogP contribution >= 0.6 is 0 Å². The summed E-state index contributed by atoms with van der Waals surface area (Å²) in [4.78, 5) is 0. The van der Waals surface area contributed by atoms with Crippen molar-refractivity contribution in [1.82, 2.24) is 9.13 Å². The van der Waals surface area contributed by atoms with Gasteiger partial charge in [0.15, 0.2) is 8.40 Å². The summed E-state index contributed by atoms with van der Waals surface area (Å²) in [6.07, 6.45) is 5.67. The number of rotatable bonds is 2. The molecule has 2 aliphatic heterocycles. The van der Waals surface area contributed by atoms with Crippen molar-refractivity contribution in [3.8, 4) is 0 Å². The van der Waals surface area contributed by atoms with E-state index >= 15 is 0 Å². The quantitative estimate of drug-likeness (QED) is 0.699. The monoisotopic (exact) mass is 254 g/mol. The fraction of sp³-hybridized carbons (Fsp3) is 1.00. The first-order chi connectivity index (χ1) is 8.00. The first-order valence-corrected chi connectivity index (χ1v) is 10.4. The molecule has 2 aliphatic rings. The molecule has 0 amide bonds. The van der Waals surface area contributed by atoms with Crippen molar-refractivity contribution in [1.29, 1.82) is 0 Å². The van der Waals surface area contributed by atoms with E-state index in [-0.39, 0.29) is 0 Å². The third kappa shape index (κ3) is 3.12. The molecule has 0 aromatic carbocycles. The van der Waals surface area contributed by atoms with Crippen molar-refractivity contribution in [2.75, 3.05) is 26.2 Å². The maximum Gasteiger partial charge on any atom is 0.200 e. The van der Waals surface area contributed by atoms with Gasteiger partial charge in [0.25, 0.3) is 0 Å². The molecule has 0 atom stereocenters. The smallest absolute Gasteiger partial charge is 0.200 e. The summed E-state index contributed by atoms with van der Waals surface area (Å²) in [7, 11) is -1.29. The summed E-state index contributed by atoms with van der Waals surface area (Å²) in [5, 5.41) is 0. The molecule has 0 bridgehead atoms. The van der Waals surface area contributed by atoms with Crippen molar-refractivity contribution in [2.24, 2.45) is 11.8 Å². The number of hydrogen-bond donors (Lipinski definition) is 0. The van der Waals surface area contributed by atoms with Crippen LogP contribution in [-0.2, 0) is 0 Å². The molecule has 0 radical (unpaired) electrons. The van der Waals surface area contributed by atoms with Gasteiger partial charge in [-0.3, -0.25) is 0 Å². The maximum absolute atomic E-state index is 2.85. The minimum Gasteiger partial charge on any atom is -0.312 e. The molecule has 17 heavy (non-hydrogen) atoms. The van der Waals surface area contributed by atoms with Gasteiger partial charge in [0.1, 0.15) is 0 Å². The fourth-order valence-corrected chi connectivity index (χ4v) is 6.42. The second-order valence-corrected chi connectivity index (χ2v) is 11.1. The number of hydrogen-bond acceptors (Lipinski definition) is 2. The molecule has 0 N–H and O–H groups in total. The molecular weight excluding hydrogens is 224 g/mol. The third-order valence-electron chi connectivity index (χ3n) is 5.12. The largest absolute Gasteiger partial charge is 0.312 e. The van der Waals surface area contributed by atoms with Gasteiger partial charge in [0.2, 0.25) is 0 Å². The zero-order valence-corrected chi connectivity index (χ0v) is 13.2. The van der Waals surface area contributed by atoms with Gasteiger partial charge in [0.05, 0.1) is 0 Å². The van der Waals surface area contributed by atoms with Crippen LogP contribution in [0.5, 0.6) is 0 Å². The summed E-state index contributed by atoms with van der Waals surface area (Å²) in [5.41, 5.74) is 0. The van der Waals surface area contributed by atoms with Gasteiger partial charge in [-0.1, -0.05) is 13.8 Å². The van der Waals surface area contributed by atoms with Gasteiger partial charge in [0, 0.05) is 0 Å². The van der Waals surface area contributed by atoms with Crippen LogP contribution in [0.25, 0.3) is 0 Å². The van der Waals surface area contributed by atoms with Crippen molar-refractivity contribution in [2.45, 2.75) is 52.6 Å². The lowest BCUT2D eigenvalue weighted by Crippen LogP contribution is -2.64. The average molecular weight is 254 g/mol. The van der Waals surface area contributed by atoms with E-state index in [2.05, 4.69) is 36.1 Å². The lowest BCUT2D eigenvalue weighted by molar-refractivity contribution is 0.220. The molecule has 3 heteroatoms. The molecule has 0 saturated carbocycles. The Hall–Kier alpha value is 0.137. The highest BCUT2D eigenvalue weighted by molar-refractivity contribution is 6.71.